The van der Waals surface area contributed by atoms with Crippen LogP contribution in [0.5, 0.6) is 11.5 Å². The highest BCUT2D eigenvalue weighted by atomic mass is 32.1. The molecule has 2 heterocycles. The third kappa shape index (κ3) is 4.20. The van der Waals surface area contributed by atoms with E-state index in [0.29, 0.717) is 28.6 Å². The average molecular weight is 457 g/mol. The number of fused-ring (bicyclic) bond motifs is 2. The molecule has 0 atom stereocenters. The number of amides is 1. The Balaban J connectivity index is 1.43. The Kier molecular flexibility index (Phi) is 5.58. The second-order valence-corrected chi connectivity index (χ2v) is 8.39. The first-order valence-corrected chi connectivity index (χ1v) is 11.1. The second-order valence-electron chi connectivity index (χ2n) is 7.36. The van der Waals surface area contributed by atoms with E-state index in [1.165, 1.54) is 11.3 Å². The molecule has 0 spiro atoms. The van der Waals surface area contributed by atoms with Crippen LogP contribution in [0.25, 0.3) is 21.1 Å². The van der Waals surface area contributed by atoms with Gasteiger partial charge in [0.25, 0.3) is 5.91 Å². The van der Waals surface area contributed by atoms with Gasteiger partial charge in [0.15, 0.2) is 16.6 Å². The lowest BCUT2D eigenvalue weighted by atomic mass is 10.0. The van der Waals surface area contributed by atoms with Gasteiger partial charge in [-0.25, -0.2) is 15.0 Å². The third-order valence-corrected chi connectivity index (χ3v) is 6.24. The number of hydrogen-bond donors (Lipinski definition) is 1. The molecule has 2 aromatic heterocycles. The Morgan fingerprint density at radius 2 is 1.73 bits per heavy atom. The number of carbonyl (C=O) groups excluding carboxylic acids is 1. The number of thiazole rings is 1. The minimum Gasteiger partial charge on any atom is -0.493 e. The fraction of sp³-hybridized carbons (Fsp3) is 0.120. The minimum atomic E-state index is -0.174. The van der Waals surface area contributed by atoms with Crippen molar-refractivity contribution in [3.63, 3.8) is 0 Å². The Morgan fingerprint density at radius 3 is 2.52 bits per heavy atom. The van der Waals surface area contributed by atoms with Crippen LogP contribution in [-0.4, -0.2) is 35.1 Å². The van der Waals surface area contributed by atoms with Crippen LogP contribution in [0.4, 0.5) is 5.13 Å². The van der Waals surface area contributed by atoms with Gasteiger partial charge in [0.1, 0.15) is 6.33 Å². The molecular weight excluding hydrogens is 436 g/mol. The zero-order valence-corrected chi connectivity index (χ0v) is 18.8. The molecule has 5 aromatic rings. The number of methoxy groups -OCH3 is 2. The molecule has 0 unspecified atom stereocenters. The monoisotopic (exact) mass is 456 g/mol. The number of nitrogens with one attached hydrogen (secondary N) is 1. The summed E-state index contributed by atoms with van der Waals surface area (Å²) in [5, 5.41) is 4.37. The van der Waals surface area contributed by atoms with Crippen LogP contribution in [0.15, 0.2) is 67.0 Å². The molecule has 1 amide bonds. The molecule has 0 radical (unpaired) electrons. The van der Waals surface area contributed by atoms with E-state index in [4.69, 9.17) is 9.47 Å². The molecule has 5 rings (SSSR count). The zero-order chi connectivity index (χ0) is 22.8. The van der Waals surface area contributed by atoms with Crippen LogP contribution in [0.3, 0.4) is 0 Å². The summed E-state index contributed by atoms with van der Waals surface area (Å²) in [5.41, 5.74) is 4.21. The second kappa shape index (κ2) is 8.84. The van der Waals surface area contributed by atoms with Crippen LogP contribution in [0, 0.1) is 0 Å². The summed E-state index contributed by atoms with van der Waals surface area (Å²) in [6.07, 6.45) is 2.18. The van der Waals surface area contributed by atoms with Crippen molar-refractivity contribution in [1.29, 1.82) is 0 Å². The summed E-state index contributed by atoms with van der Waals surface area (Å²) in [6, 6.07) is 18.9. The van der Waals surface area contributed by atoms with Crippen LogP contribution in [-0.2, 0) is 6.42 Å². The molecule has 33 heavy (non-hydrogen) atoms. The summed E-state index contributed by atoms with van der Waals surface area (Å²) >= 11 is 1.45. The largest absolute Gasteiger partial charge is 0.493 e. The Labute approximate surface area is 194 Å². The number of anilines is 1. The first-order valence-electron chi connectivity index (χ1n) is 10.3. The van der Waals surface area contributed by atoms with Crippen molar-refractivity contribution in [2.75, 3.05) is 19.5 Å². The standard InChI is InChI=1S/C25H20N4O3S/c1-31-21-12-17-19(26-14-27-20(17)13-22(21)32-2)10-15-8-9-18-23(11-15)33-25(28-18)29-24(30)16-6-4-3-5-7-16/h3-9,11-14H,10H2,1-2H3,(H,28,29,30). The lowest BCUT2D eigenvalue weighted by Crippen LogP contribution is -2.11. The number of rotatable bonds is 6. The van der Waals surface area contributed by atoms with Gasteiger partial charge in [0.05, 0.1) is 35.6 Å². The quantitative estimate of drug-likeness (QED) is 0.383. The van der Waals surface area contributed by atoms with E-state index in [9.17, 15) is 4.79 Å². The van der Waals surface area contributed by atoms with Crippen LogP contribution >= 0.6 is 11.3 Å². The van der Waals surface area contributed by atoms with E-state index >= 15 is 0 Å². The van der Waals surface area contributed by atoms with Gasteiger partial charge in [-0.15, -0.1) is 0 Å². The fourth-order valence-electron chi connectivity index (χ4n) is 3.66. The van der Waals surface area contributed by atoms with Gasteiger partial charge >= 0.3 is 0 Å². The molecule has 164 valence electrons. The summed E-state index contributed by atoms with van der Waals surface area (Å²) in [5.74, 6) is 1.09. The fourth-order valence-corrected chi connectivity index (χ4v) is 4.59. The van der Waals surface area contributed by atoms with Gasteiger partial charge in [0.2, 0.25) is 0 Å². The Morgan fingerprint density at radius 1 is 0.939 bits per heavy atom. The summed E-state index contributed by atoms with van der Waals surface area (Å²) in [7, 11) is 3.21. The molecule has 3 aromatic carbocycles. The maximum absolute atomic E-state index is 12.4. The minimum absolute atomic E-state index is 0.174. The van der Waals surface area contributed by atoms with Gasteiger partial charge in [-0.05, 0) is 35.9 Å². The Hall–Kier alpha value is -4.04. The molecule has 0 bridgehead atoms. The van der Waals surface area contributed by atoms with Gasteiger partial charge in [-0.3, -0.25) is 10.1 Å². The first-order chi connectivity index (χ1) is 16.1. The molecule has 0 aliphatic heterocycles. The molecule has 1 N–H and O–H groups in total. The SMILES string of the molecule is COc1cc2ncnc(Cc3ccc4nc(NC(=O)c5ccccc5)sc4c3)c2cc1OC. The van der Waals surface area contributed by atoms with Crippen LogP contribution in [0.1, 0.15) is 21.6 Å². The van der Waals surface area contributed by atoms with E-state index in [-0.39, 0.29) is 5.91 Å². The maximum Gasteiger partial charge on any atom is 0.257 e. The predicted molar refractivity (Wildman–Crippen MR) is 129 cm³/mol. The van der Waals surface area contributed by atoms with Crippen molar-refractivity contribution in [2.45, 2.75) is 6.42 Å². The highest BCUT2D eigenvalue weighted by Gasteiger charge is 2.13. The summed E-state index contributed by atoms with van der Waals surface area (Å²) in [4.78, 5) is 25.9. The van der Waals surface area contributed by atoms with E-state index < -0.39 is 0 Å². The number of nitrogens with zero attached hydrogens (tertiary/aromatic N) is 3. The number of hydrogen-bond acceptors (Lipinski definition) is 7. The van der Waals surface area contributed by atoms with E-state index in [0.717, 1.165) is 32.4 Å². The van der Waals surface area contributed by atoms with Crippen molar-refractivity contribution in [2.24, 2.45) is 0 Å². The van der Waals surface area contributed by atoms with E-state index in [1.807, 2.05) is 42.5 Å². The highest BCUT2D eigenvalue weighted by Crippen LogP contribution is 2.33. The normalized spacial score (nSPS) is 11.0. The predicted octanol–water partition coefficient (Wildman–Crippen LogP) is 5.10. The zero-order valence-electron chi connectivity index (χ0n) is 18.0. The van der Waals surface area contributed by atoms with Gasteiger partial charge in [-0.1, -0.05) is 35.6 Å². The molecule has 0 saturated carbocycles. The van der Waals surface area contributed by atoms with Crippen molar-refractivity contribution >= 4 is 43.5 Å². The topological polar surface area (TPSA) is 86.2 Å². The molecule has 0 fully saturated rings. The maximum atomic E-state index is 12.4. The van der Waals surface area contributed by atoms with E-state index in [2.05, 4.69) is 26.3 Å². The van der Waals surface area contributed by atoms with Gasteiger partial charge in [-0.2, -0.15) is 0 Å². The molecular formula is C25H20N4O3S. The lowest BCUT2D eigenvalue weighted by molar-refractivity contribution is 0.102. The van der Waals surface area contributed by atoms with Crippen molar-refractivity contribution in [3.05, 3.63) is 83.8 Å². The van der Waals surface area contributed by atoms with Crippen LogP contribution in [0.2, 0.25) is 0 Å². The lowest BCUT2D eigenvalue weighted by Gasteiger charge is -2.11. The highest BCUT2D eigenvalue weighted by molar-refractivity contribution is 7.22. The molecule has 8 heteroatoms. The van der Waals surface area contributed by atoms with Crippen molar-refractivity contribution in [1.82, 2.24) is 15.0 Å². The first kappa shape index (κ1) is 20.8. The number of carbonyl (C=O) groups is 1. The summed E-state index contributed by atoms with van der Waals surface area (Å²) in [6.45, 7) is 0. The number of ether oxygens (including phenoxy) is 2. The molecule has 7 nitrogen and oxygen atoms in total. The molecule has 0 saturated heterocycles. The molecule has 0 aliphatic rings. The average Bonchev–Trinajstić information content (AvgIpc) is 3.25. The number of aromatic nitrogens is 3. The van der Waals surface area contributed by atoms with E-state index in [1.54, 1.807) is 32.7 Å². The van der Waals surface area contributed by atoms with Gasteiger partial charge in [0, 0.05) is 23.4 Å². The van der Waals surface area contributed by atoms with Crippen LogP contribution < -0.4 is 14.8 Å². The summed E-state index contributed by atoms with van der Waals surface area (Å²) < 4.78 is 11.8. The number of benzene rings is 3. The van der Waals surface area contributed by atoms with Crippen molar-refractivity contribution in [3.8, 4) is 11.5 Å². The Bertz CT molecular complexity index is 1470. The van der Waals surface area contributed by atoms with Gasteiger partial charge < -0.3 is 9.47 Å². The van der Waals surface area contributed by atoms with Crippen molar-refractivity contribution < 1.29 is 14.3 Å². The molecule has 0 aliphatic carbocycles. The third-order valence-electron chi connectivity index (χ3n) is 5.30. The smallest absolute Gasteiger partial charge is 0.257 e.